The highest BCUT2D eigenvalue weighted by molar-refractivity contribution is 6.33. The molecule has 1 aromatic carbocycles. The highest BCUT2D eigenvalue weighted by Crippen LogP contribution is 2.24. The Morgan fingerprint density at radius 2 is 2.15 bits per heavy atom. The largest absolute Gasteiger partial charge is 0.481 e. The van der Waals surface area contributed by atoms with Gasteiger partial charge < -0.3 is 10.4 Å². The fourth-order valence-corrected chi connectivity index (χ4v) is 1.77. The van der Waals surface area contributed by atoms with Gasteiger partial charge in [-0.2, -0.15) is 0 Å². The third-order valence-corrected chi connectivity index (χ3v) is 2.88. The molecule has 0 saturated carbocycles. The quantitative estimate of drug-likeness (QED) is 0.618. The summed E-state index contributed by atoms with van der Waals surface area (Å²) in [5.41, 5.74) is -0.0927. The molecule has 0 spiro atoms. The first-order valence-electron chi connectivity index (χ1n) is 5.78. The lowest BCUT2D eigenvalue weighted by Gasteiger charge is -2.12. The third-order valence-electron chi connectivity index (χ3n) is 2.58. The SMILES string of the molecule is CC(CCC(=O)O)NC(=O)c1ccc([N+](=O)[O-])c(Cl)c1. The zero-order valence-electron chi connectivity index (χ0n) is 10.6. The van der Waals surface area contributed by atoms with Gasteiger partial charge in [0.05, 0.1) is 4.92 Å². The van der Waals surface area contributed by atoms with Crippen LogP contribution in [0.25, 0.3) is 0 Å². The van der Waals surface area contributed by atoms with Gasteiger partial charge in [-0.1, -0.05) is 11.6 Å². The molecule has 2 N–H and O–H groups in total. The van der Waals surface area contributed by atoms with Gasteiger partial charge >= 0.3 is 5.97 Å². The van der Waals surface area contributed by atoms with Crippen molar-refractivity contribution in [2.24, 2.45) is 0 Å². The smallest absolute Gasteiger partial charge is 0.303 e. The zero-order chi connectivity index (χ0) is 15.3. The molecule has 0 aromatic heterocycles. The van der Waals surface area contributed by atoms with Crippen molar-refractivity contribution in [3.63, 3.8) is 0 Å². The molecular weight excluding hydrogens is 288 g/mol. The molecular formula is C12H13ClN2O5. The monoisotopic (exact) mass is 300 g/mol. The molecule has 20 heavy (non-hydrogen) atoms. The zero-order valence-corrected chi connectivity index (χ0v) is 11.4. The van der Waals surface area contributed by atoms with Crippen LogP contribution < -0.4 is 5.32 Å². The van der Waals surface area contributed by atoms with E-state index in [0.29, 0.717) is 6.42 Å². The Morgan fingerprint density at radius 1 is 1.50 bits per heavy atom. The van der Waals surface area contributed by atoms with Crippen molar-refractivity contribution in [1.29, 1.82) is 0 Å². The molecule has 1 aromatic rings. The van der Waals surface area contributed by atoms with Crippen LogP contribution in [0.4, 0.5) is 5.69 Å². The molecule has 108 valence electrons. The number of hydrogen-bond donors (Lipinski definition) is 2. The van der Waals surface area contributed by atoms with Crippen molar-refractivity contribution >= 4 is 29.2 Å². The molecule has 0 aliphatic heterocycles. The number of carbonyl (C=O) groups excluding carboxylic acids is 1. The summed E-state index contributed by atoms with van der Waals surface area (Å²) in [6.45, 7) is 1.67. The second-order valence-electron chi connectivity index (χ2n) is 4.23. The van der Waals surface area contributed by atoms with E-state index in [1.54, 1.807) is 6.92 Å². The summed E-state index contributed by atoms with van der Waals surface area (Å²) in [5, 5.41) is 21.6. The number of amides is 1. The highest BCUT2D eigenvalue weighted by atomic mass is 35.5. The number of halogens is 1. The van der Waals surface area contributed by atoms with Crippen LogP contribution in [0.5, 0.6) is 0 Å². The number of nitro groups is 1. The van der Waals surface area contributed by atoms with Crippen LogP contribution >= 0.6 is 11.6 Å². The number of carboxylic acids is 1. The second-order valence-corrected chi connectivity index (χ2v) is 4.64. The maximum Gasteiger partial charge on any atom is 0.303 e. The lowest BCUT2D eigenvalue weighted by atomic mass is 10.1. The maximum absolute atomic E-state index is 11.8. The van der Waals surface area contributed by atoms with Crippen LogP contribution in [0.2, 0.25) is 5.02 Å². The minimum atomic E-state index is -0.940. The number of benzene rings is 1. The van der Waals surface area contributed by atoms with E-state index in [0.717, 1.165) is 6.07 Å². The number of hydrogen-bond acceptors (Lipinski definition) is 4. The number of carboxylic acid groups (broad SMARTS) is 1. The number of nitrogens with zero attached hydrogens (tertiary/aromatic N) is 1. The Kier molecular flexibility index (Phi) is 5.45. The molecule has 0 aliphatic rings. The summed E-state index contributed by atoms with van der Waals surface area (Å²) in [6, 6.07) is 3.33. The van der Waals surface area contributed by atoms with Crippen molar-refractivity contribution in [2.45, 2.75) is 25.8 Å². The van der Waals surface area contributed by atoms with Crippen molar-refractivity contribution in [3.8, 4) is 0 Å². The average Bonchev–Trinajstić information content (AvgIpc) is 2.35. The number of nitrogens with one attached hydrogen (secondary N) is 1. The molecule has 0 fully saturated rings. The summed E-state index contributed by atoms with van der Waals surface area (Å²) in [6.07, 6.45) is 0.240. The standard InChI is InChI=1S/C12H13ClN2O5/c1-7(2-5-11(16)17)14-12(18)8-3-4-10(15(19)20)9(13)6-8/h3-4,6-7H,2,5H2,1H3,(H,14,18)(H,16,17). The predicted molar refractivity (Wildman–Crippen MR) is 71.9 cm³/mol. The van der Waals surface area contributed by atoms with Gasteiger partial charge in [-0.25, -0.2) is 0 Å². The molecule has 0 saturated heterocycles. The molecule has 8 heteroatoms. The molecule has 0 bridgehead atoms. The van der Waals surface area contributed by atoms with Crippen LogP contribution in [0, 0.1) is 10.1 Å². The number of nitro benzene ring substituents is 1. The van der Waals surface area contributed by atoms with Gasteiger partial charge in [0.2, 0.25) is 0 Å². The van der Waals surface area contributed by atoms with Crippen molar-refractivity contribution < 1.29 is 19.6 Å². The van der Waals surface area contributed by atoms with E-state index in [2.05, 4.69) is 5.32 Å². The molecule has 1 atom stereocenters. The predicted octanol–water partition coefficient (Wildman–Crippen LogP) is 2.23. The molecule has 1 rings (SSSR count). The van der Waals surface area contributed by atoms with Crippen molar-refractivity contribution in [2.75, 3.05) is 0 Å². The Balaban J connectivity index is 2.71. The first-order chi connectivity index (χ1) is 9.31. The minimum Gasteiger partial charge on any atom is -0.481 e. The van der Waals surface area contributed by atoms with E-state index in [1.807, 2.05) is 0 Å². The maximum atomic E-state index is 11.8. The van der Waals surface area contributed by atoms with Gasteiger partial charge in [-0.15, -0.1) is 0 Å². The lowest BCUT2D eigenvalue weighted by molar-refractivity contribution is -0.384. The van der Waals surface area contributed by atoms with Crippen LogP contribution in [0.1, 0.15) is 30.1 Å². The Bertz CT molecular complexity index is 547. The summed E-state index contributed by atoms with van der Waals surface area (Å²) in [7, 11) is 0. The third kappa shape index (κ3) is 4.51. The number of rotatable bonds is 6. The normalized spacial score (nSPS) is 11.7. The molecule has 0 aliphatic carbocycles. The van der Waals surface area contributed by atoms with Gasteiger partial charge in [0, 0.05) is 24.1 Å². The fraction of sp³-hybridized carbons (Fsp3) is 0.333. The van der Waals surface area contributed by atoms with Gasteiger partial charge in [-0.3, -0.25) is 19.7 Å². The van der Waals surface area contributed by atoms with E-state index in [9.17, 15) is 19.7 Å². The van der Waals surface area contributed by atoms with Gasteiger partial charge in [0.25, 0.3) is 11.6 Å². The van der Waals surface area contributed by atoms with Gasteiger partial charge in [-0.05, 0) is 25.5 Å². The number of carbonyl (C=O) groups is 2. The second kappa shape index (κ2) is 6.85. The van der Waals surface area contributed by atoms with Gasteiger partial charge in [0.15, 0.2) is 0 Å². The summed E-state index contributed by atoms with van der Waals surface area (Å²) < 4.78 is 0. The van der Waals surface area contributed by atoms with Crippen molar-refractivity contribution in [1.82, 2.24) is 5.32 Å². The fourth-order valence-electron chi connectivity index (χ4n) is 1.52. The molecule has 0 radical (unpaired) electrons. The molecule has 0 heterocycles. The topological polar surface area (TPSA) is 110 Å². The van der Waals surface area contributed by atoms with E-state index in [-0.39, 0.29) is 28.7 Å². The van der Waals surface area contributed by atoms with Crippen molar-refractivity contribution in [3.05, 3.63) is 38.9 Å². The summed E-state index contributed by atoms with van der Waals surface area (Å²) in [4.78, 5) is 32.2. The van der Waals surface area contributed by atoms with E-state index in [4.69, 9.17) is 16.7 Å². The van der Waals surface area contributed by atoms with Crippen LogP contribution in [0.15, 0.2) is 18.2 Å². The Morgan fingerprint density at radius 3 is 2.65 bits per heavy atom. The van der Waals surface area contributed by atoms with Crippen LogP contribution in [-0.4, -0.2) is 27.9 Å². The lowest BCUT2D eigenvalue weighted by Crippen LogP contribution is -2.32. The average molecular weight is 301 g/mol. The first-order valence-corrected chi connectivity index (χ1v) is 6.15. The Labute approximate surface area is 119 Å². The van der Waals surface area contributed by atoms with E-state index in [1.165, 1.54) is 12.1 Å². The summed E-state index contributed by atoms with van der Waals surface area (Å²) in [5.74, 6) is -1.40. The molecule has 1 amide bonds. The summed E-state index contributed by atoms with van der Waals surface area (Å²) >= 11 is 5.71. The van der Waals surface area contributed by atoms with Gasteiger partial charge in [0.1, 0.15) is 5.02 Å². The first kappa shape index (κ1) is 15.9. The number of aliphatic carboxylic acids is 1. The molecule has 1 unspecified atom stereocenters. The highest BCUT2D eigenvalue weighted by Gasteiger charge is 2.16. The minimum absolute atomic E-state index is 0.0531. The van der Waals surface area contributed by atoms with E-state index >= 15 is 0 Å². The van der Waals surface area contributed by atoms with Crippen LogP contribution in [-0.2, 0) is 4.79 Å². The Hall–Kier alpha value is -2.15. The molecule has 7 nitrogen and oxygen atoms in total. The van der Waals surface area contributed by atoms with E-state index < -0.39 is 16.8 Å². The van der Waals surface area contributed by atoms with Crippen LogP contribution in [0.3, 0.4) is 0 Å².